The lowest BCUT2D eigenvalue weighted by molar-refractivity contribution is 0.588. The van der Waals surface area contributed by atoms with Crippen molar-refractivity contribution in [2.24, 2.45) is 0 Å². The van der Waals surface area contributed by atoms with Crippen LogP contribution in [0.15, 0.2) is 82.2 Å². The number of imidazole rings is 1. The maximum Gasteiger partial charge on any atom is 0.270 e. The Balaban J connectivity index is 1.91. The number of rotatable bonds is 4. The van der Waals surface area contributed by atoms with Crippen molar-refractivity contribution in [3.8, 4) is 0 Å². The third-order valence-corrected chi connectivity index (χ3v) is 6.59. The molecule has 0 radical (unpaired) electrons. The van der Waals surface area contributed by atoms with Crippen LogP contribution in [0, 0.1) is 0 Å². The van der Waals surface area contributed by atoms with E-state index in [4.69, 9.17) is 11.6 Å². The van der Waals surface area contributed by atoms with Gasteiger partial charge in [0.2, 0.25) is 0 Å². The second-order valence-corrected chi connectivity index (χ2v) is 9.21. The van der Waals surface area contributed by atoms with Crippen LogP contribution in [0.5, 0.6) is 0 Å². The van der Waals surface area contributed by atoms with E-state index in [-0.39, 0.29) is 4.90 Å². The Labute approximate surface area is 176 Å². The zero-order chi connectivity index (χ0) is 19.7. The Morgan fingerprint density at radius 2 is 1.71 bits per heavy atom. The van der Waals surface area contributed by atoms with Crippen molar-refractivity contribution in [1.82, 2.24) is 8.96 Å². The number of aromatic nitrogens is 2. The molecule has 7 heteroatoms. The lowest BCUT2D eigenvalue weighted by atomic mass is 10.2. The molecule has 28 heavy (non-hydrogen) atoms. The van der Waals surface area contributed by atoms with Gasteiger partial charge in [0, 0.05) is 9.50 Å². The highest BCUT2D eigenvalue weighted by Crippen LogP contribution is 2.26. The van der Waals surface area contributed by atoms with Crippen molar-refractivity contribution in [2.75, 3.05) is 0 Å². The van der Waals surface area contributed by atoms with E-state index in [0.29, 0.717) is 21.9 Å². The molecular weight excluding hydrogens is 460 g/mol. The first-order valence-electron chi connectivity index (χ1n) is 8.37. The van der Waals surface area contributed by atoms with Gasteiger partial charge in [-0.25, -0.2) is 17.4 Å². The molecular formula is C21H14BrClN2O2S. The summed E-state index contributed by atoms with van der Waals surface area (Å²) in [7, 11) is -3.88. The van der Waals surface area contributed by atoms with E-state index < -0.39 is 10.0 Å². The highest BCUT2D eigenvalue weighted by Gasteiger charge is 2.23. The molecule has 1 aromatic heterocycles. The predicted octanol–water partition coefficient (Wildman–Crippen LogP) is 5.86. The van der Waals surface area contributed by atoms with E-state index in [9.17, 15) is 8.42 Å². The van der Waals surface area contributed by atoms with Gasteiger partial charge < -0.3 is 0 Å². The Hall–Kier alpha value is -2.41. The molecule has 0 aliphatic rings. The Morgan fingerprint density at radius 3 is 2.50 bits per heavy atom. The Bertz CT molecular complexity index is 1310. The zero-order valence-electron chi connectivity index (χ0n) is 14.5. The molecule has 140 valence electrons. The largest absolute Gasteiger partial charge is 0.270 e. The van der Waals surface area contributed by atoms with Gasteiger partial charge in [-0.15, -0.1) is 0 Å². The van der Waals surface area contributed by atoms with Gasteiger partial charge >= 0.3 is 0 Å². The maximum atomic E-state index is 13.4. The molecule has 0 atom stereocenters. The van der Waals surface area contributed by atoms with Crippen molar-refractivity contribution < 1.29 is 8.42 Å². The fourth-order valence-corrected chi connectivity index (χ4v) is 5.06. The highest BCUT2D eigenvalue weighted by molar-refractivity contribution is 9.10. The standard InChI is InChI=1S/C21H14BrClN2O2S/c22-16-6-3-5-15(13-16)11-12-21-24-19-9-1-2-10-20(19)25(21)28(26,27)18-8-4-7-17(23)14-18/h1-14H/b12-11+. The molecule has 0 fully saturated rings. The fraction of sp³-hybridized carbons (Fsp3) is 0. The molecule has 0 saturated carbocycles. The molecule has 0 bridgehead atoms. The first kappa shape index (κ1) is 18.9. The van der Waals surface area contributed by atoms with Crippen molar-refractivity contribution in [3.63, 3.8) is 0 Å². The summed E-state index contributed by atoms with van der Waals surface area (Å²) in [4.78, 5) is 4.63. The fourth-order valence-electron chi connectivity index (χ4n) is 2.89. The van der Waals surface area contributed by atoms with Gasteiger partial charge in [0.05, 0.1) is 15.9 Å². The molecule has 4 rings (SSSR count). The van der Waals surface area contributed by atoms with Crippen molar-refractivity contribution in [3.05, 3.63) is 93.7 Å². The molecule has 0 amide bonds. The minimum atomic E-state index is -3.88. The first-order valence-corrected chi connectivity index (χ1v) is 11.0. The van der Waals surface area contributed by atoms with Gasteiger partial charge in [0.1, 0.15) is 5.82 Å². The maximum absolute atomic E-state index is 13.4. The molecule has 3 aromatic carbocycles. The van der Waals surface area contributed by atoms with Crippen LogP contribution in [0.3, 0.4) is 0 Å². The number of hydrogen-bond donors (Lipinski definition) is 0. The monoisotopic (exact) mass is 472 g/mol. The average molecular weight is 474 g/mol. The first-order chi connectivity index (χ1) is 13.4. The van der Waals surface area contributed by atoms with E-state index in [1.807, 2.05) is 36.4 Å². The Kier molecular flexibility index (Phi) is 5.10. The number of hydrogen-bond acceptors (Lipinski definition) is 3. The van der Waals surface area contributed by atoms with Gasteiger partial charge in [-0.1, -0.05) is 63.9 Å². The molecule has 0 unspecified atom stereocenters. The van der Waals surface area contributed by atoms with E-state index in [1.165, 1.54) is 16.1 Å². The lowest BCUT2D eigenvalue weighted by Gasteiger charge is -2.09. The lowest BCUT2D eigenvalue weighted by Crippen LogP contribution is -2.14. The van der Waals surface area contributed by atoms with Gasteiger partial charge in [-0.05, 0) is 54.1 Å². The number of nitrogens with zero attached hydrogens (tertiary/aromatic N) is 2. The second-order valence-electron chi connectivity index (χ2n) is 6.07. The SMILES string of the molecule is O=S(=O)(c1cccc(Cl)c1)n1c(/C=C/c2cccc(Br)c2)nc2ccccc21. The number of benzene rings is 3. The minimum Gasteiger partial charge on any atom is -0.228 e. The third kappa shape index (κ3) is 3.63. The van der Waals surface area contributed by atoms with Crippen molar-refractivity contribution in [1.29, 1.82) is 0 Å². The smallest absolute Gasteiger partial charge is 0.228 e. The molecule has 0 saturated heterocycles. The van der Waals surface area contributed by atoms with Crippen LogP contribution in [0.2, 0.25) is 5.02 Å². The van der Waals surface area contributed by atoms with Crippen LogP contribution in [-0.2, 0) is 10.0 Å². The summed E-state index contributed by atoms with van der Waals surface area (Å²) in [5.74, 6) is 0.321. The summed E-state index contributed by atoms with van der Waals surface area (Å²) in [5.41, 5.74) is 2.03. The summed E-state index contributed by atoms with van der Waals surface area (Å²) in [6.07, 6.45) is 3.53. The van der Waals surface area contributed by atoms with E-state index in [2.05, 4.69) is 20.9 Å². The minimum absolute atomic E-state index is 0.111. The third-order valence-electron chi connectivity index (χ3n) is 4.15. The molecule has 0 aliphatic heterocycles. The summed E-state index contributed by atoms with van der Waals surface area (Å²) in [5, 5.41) is 0.358. The quantitative estimate of drug-likeness (QED) is 0.373. The molecule has 4 nitrogen and oxygen atoms in total. The van der Waals surface area contributed by atoms with Crippen LogP contribution in [0.4, 0.5) is 0 Å². The van der Waals surface area contributed by atoms with E-state index >= 15 is 0 Å². The molecule has 0 N–H and O–H groups in total. The van der Waals surface area contributed by atoms with Crippen LogP contribution in [0.1, 0.15) is 11.4 Å². The van der Waals surface area contributed by atoms with Crippen LogP contribution in [-0.4, -0.2) is 17.4 Å². The van der Waals surface area contributed by atoms with Crippen molar-refractivity contribution >= 4 is 60.7 Å². The molecule has 0 spiro atoms. The summed E-state index contributed by atoms with van der Waals surface area (Å²) >= 11 is 9.46. The van der Waals surface area contributed by atoms with Crippen molar-refractivity contribution in [2.45, 2.75) is 4.90 Å². The highest BCUT2D eigenvalue weighted by atomic mass is 79.9. The number of halogens is 2. The van der Waals surface area contributed by atoms with Gasteiger partial charge in [-0.2, -0.15) is 0 Å². The molecule has 4 aromatic rings. The van der Waals surface area contributed by atoms with Gasteiger partial charge in [-0.3, -0.25) is 0 Å². The zero-order valence-corrected chi connectivity index (χ0v) is 17.6. The normalized spacial score (nSPS) is 12.1. The summed E-state index contributed by atoms with van der Waals surface area (Å²) in [6, 6.07) is 21.1. The van der Waals surface area contributed by atoms with E-state index in [1.54, 1.807) is 36.4 Å². The molecule has 0 aliphatic carbocycles. The second kappa shape index (κ2) is 7.54. The summed E-state index contributed by atoms with van der Waals surface area (Å²) in [6.45, 7) is 0. The number of para-hydroxylation sites is 2. The topological polar surface area (TPSA) is 52.0 Å². The Morgan fingerprint density at radius 1 is 0.929 bits per heavy atom. The predicted molar refractivity (Wildman–Crippen MR) is 117 cm³/mol. The molecule has 1 heterocycles. The average Bonchev–Trinajstić information content (AvgIpc) is 3.05. The van der Waals surface area contributed by atoms with Crippen LogP contribution >= 0.6 is 27.5 Å². The van der Waals surface area contributed by atoms with Crippen LogP contribution in [0.25, 0.3) is 23.2 Å². The van der Waals surface area contributed by atoms with Gasteiger partial charge in [0.15, 0.2) is 0 Å². The van der Waals surface area contributed by atoms with Crippen LogP contribution < -0.4 is 0 Å². The van der Waals surface area contributed by atoms with Gasteiger partial charge in [0.25, 0.3) is 10.0 Å². The van der Waals surface area contributed by atoms with E-state index in [0.717, 1.165) is 10.0 Å². The summed E-state index contributed by atoms with van der Waals surface area (Å²) < 4.78 is 28.9. The number of fused-ring (bicyclic) bond motifs is 1.